The number of furan rings is 1. The Morgan fingerprint density at radius 3 is 2.67 bits per heavy atom. The molecule has 0 radical (unpaired) electrons. The molecule has 1 amide bonds. The van der Waals surface area contributed by atoms with Crippen LogP contribution in [0.2, 0.25) is 0 Å². The summed E-state index contributed by atoms with van der Waals surface area (Å²) in [7, 11) is 0. The predicted molar refractivity (Wildman–Crippen MR) is 77.3 cm³/mol. The van der Waals surface area contributed by atoms with E-state index in [2.05, 4.69) is 10.1 Å². The first kappa shape index (κ1) is 17.1. The minimum atomic E-state index is -4.88. The lowest BCUT2D eigenvalue weighted by molar-refractivity contribution is -0.274. The summed E-state index contributed by atoms with van der Waals surface area (Å²) in [4.78, 5) is 12.0. The highest BCUT2D eigenvalue weighted by Crippen LogP contribution is 2.27. The molecule has 124 valence electrons. The highest BCUT2D eigenvalue weighted by Gasteiger charge is 2.31. The van der Waals surface area contributed by atoms with Crippen LogP contribution in [-0.2, 0) is 11.3 Å². The van der Waals surface area contributed by atoms with E-state index in [-0.39, 0.29) is 17.7 Å². The number of benzene rings is 1. The molecule has 1 heterocycles. The van der Waals surface area contributed by atoms with Gasteiger partial charge in [-0.1, -0.05) is 18.2 Å². The quantitative estimate of drug-likeness (QED) is 0.671. The van der Waals surface area contributed by atoms with Crippen LogP contribution in [0.3, 0.4) is 0 Å². The largest absolute Gasteiger partial charge is 0.573 e. The number of ether oxygens (including phenoxy) is 1. The van der Waals surface area contributed by atoms with E-state index in [1.165, 1.54) is 24.5 Å². The Labute approximate surface area is 134 Å². The van der Waals surface area contributed by atoms with Gasteiger partial charge in [-0.25, -0.2) is 0 Å². The Hall–Kier alpha value is -3.21. The maximum atomic E-state index is 12.4. The van der Waals surface area contributed by atoms with Gasteiger partial charge in [-0.15, -0.1) is 13.2 Å². The molecule has 0 aliphatic carbocycles. The molecule has 2 aromatic rings. The van der Waals surface area contributed by atoms with Crippen molar-refractivity contribution in [2.75, 3.05) is 0 Å². The third kappa shape index (κ3) is 4.91. The van der Waals surface area contributed by atoms with Crippen LogP contribution in [0.25, 0.3) is 6.08 Å². The van der Waals surface area contributed by atoms with E-state index in [1.54, 1.807) is 18.2 Å². The van der Waals surface area contributed by atoms with E-state index in [4.69, 9.17) is 9.68 Å². The summed E-state index contributed by atoms with van der Waals surface area (Å²) in [6, 6.07) is 10.1. The van der Waals surface area contributed by atoms with E-state index < -0.39 is 18.0 Å². The average Bonchev–Trinajstić information content (AvgIpc) is 3.03. The van der Waals surface area contributed by atoms with Crippen molar-refractivity contribution in [3.63, 3.8) is 0 Å². The van der Waals surface area contributed by atoms with Crippen LogP contribution in [0.4, 0.5) is 13.2 Å². The first-order valence-electron chi connectivity index (χ1n) is 6.66. The van der Waals surface area contributed by atoms with Gasteiger partial charge in [-0.3, -0.25) is 4.79 Å². The van der Waals surface area contributed by atoms with Gasteiger partial charge in [0.25, 0.3) is 5.91 Å². The summed E-state index contributed by atoms with van der Waals surface area (Å²) < 4.78 is 46.0. The normalized spacial score (nSPS) is 11.7. The number of nitriles is 1. The topological polar surface area (TPSA) is 75.3 Å². The number of para-hydroxylation sites is 1. The van der Waals surface area contributed by atoms with Crippen molar-refractivity contribution in [3.05, 3.63) is 59.6 Å². The Morgan fingerprint density at radius 2 is 2.04 bits per heavy atom. The second-order valence-corrected chi connectivity index (χ2v) is 4.52. The second kappa shape index (κ2) is 7.37. The monoisotopic (exact) mass is 336 g/mol. The van der Waals surface area contributed by atoms with E-state index in [9.17, 15) is 18.0 Å². The zero-order chi connectivity index (χ0) is 17.6. The highest BCUT2D eigenvalue weighted by molar-refractivity contribution is 6.01. The van der Waals surface area contributed by atoms with Crippen molar-refractivity contribution in [1.82, 2.24) is 5.32 Å². The van der Waals surface area contributed by atoms with E-state index in [0.717, 1.165) is 12.1 Å². The first-order chi connectivity index (χ1) is 11.4. The third-order valence-corrected chi connectivity index (χ3v) is 2.81. The lowest BCUT2D eigenvalue weighted by atomic mass is 10.1. The van der Waals surface area contributed by atoms with Gasteiger partial charge in [-0.05, 0) is 24.3 Å². The van der Waals surface area contributed by atoms with E-state index >= 15 is 0 Å². The molecular weight excluding hydrogens is 325 g/mol. The second-order valence-electron chi connectivity index (χ2n) is 4.52. The number of hydrogen-bond acceptors (Lipinski definition) is 4. The van der Waals surface area contributed by atoms with Crippen LogP contribution in [0.15, 0.2) is 52.7 Å². The third-order valence-electron chi connectivity index (χ3n) is 2.81. The van der Waals surface area contributed by atoms with Gasteiger partial charge in [0.05, 0.1) is 12.8 Å². The molecule has 1 aromatic carbocycles. The lowest BCUT2D eigenvalue weighted by Crippen LogP contribution is -2.23. The Bertz CT molecular complexity index is 775. The number of halogens is 3. The molecule has 0 aliphatic heterocycles. The molecule has 1 N–H and O–H groups in total. The van der Waals surface area contributed by atoms with Crippen molar-refractivity contribution in [2.24, 2.45) is 0 Å². The van der Waals surface area contributed by atoms with Gasteiger partial charge < -0.3 is 14.5 Å². The van der Waals surface area contributed by atoms with Gasteiger partial charge in [0, 0.05) is 5.56 Å². The molecule has 8 heteroatoms. The van der Waals surface area contributed by atoms with Gasteiger partial charge >= 0.3 is 6.36 Å². The van der Waals surface area contributed by atoms with Gasteiger partial charge in [0.2, 0.25) is 0 Å². The van der Waals surface area contributed by atoms with Crippen LogP contribution >= 0.6 is 0 Å². The minimum absolute atomic E-state index is 0.0421. The van der Waals surface area contributed by atoms with Crippen LogP contribution in [0.1, 0.15) is 11.3 Å². The Balaban J connectivity index is 2.18. The molecule has 0 saturated heterocycles. The van der Waals surface area contributed by atoms with Crippen LogP contribution in [0.5, 0.6) is 5.75 Å². The number of alkyl halides is 3. The number of carbonyl (C=O) groups is 1. The summed E-state index contributed by atoms with van der Waals surface area (Å²) >= 11 is 0. The van der Waals surface area contributed by atoms with Crippen molar-refractivity contribution in [3.8, 4) is 11.8 Å². The number of rotatable bonds is 5. The van der Waals surface area contributed by atoms with Crippen LogP contribution < -0.4 is 10.1 Å². The fourth-order valence-electron chi connectivity index (χ4n) is 1.80. The average molecular weight is 336 g/mol. The van der Waals surface area contributed by atoms with E-state index in [0.29, 0.717) is 5.76 Å². The van der Waals surface area contributed by atoms with Crippen LogP contribution in [0, 0.1) is 11.3 Å². The van der Waals surface area contributed by atoms with E-state index in [1.807, 2.05) is 0 Å². The molecule has 0 bridgehead atoms. The van der Waals surface area contributed by atoms with Crippen molar-refractivity contribution in [2.45, 2.75) is 12.9 Å². The first-order valence-corrected chi connectivity index (χ1v) is 6.66. The minimum Gasteiger partial charge on any atom is -0.467 e. The SMILES string of the molecule is N#C/C(=C\c1ccccc1OC(F)(F)F)C(=O)NCc1ccco1. The maximum absolute atomic E-state index is 12.4. The number of hydrogen-bond donors (Lipinski definition) is 1. The molecule has 0 aliphatic rings. The van der Waals surface area contributed by atoms with Crippen molar-refractivity contribution < 1.29 is 27.1 Å². The number of amides is 1. The smallest absolute Gasteiger partial charge is 0.467 e. The highest BCUT2D eigenvalue weighted by atomic mass is 19.4. The Kier molecular flexibility index (Phi) is 5.27. The summed E-state index contributed by atoms with van der Waals surface area (Å²) in [5.41, 5.74) is -0.403. The zero-order valence-corrected chi connectivity index (χ0v) is 12.1. The molecule has 5 nitrogen and oxygen atoms in total. The number of nitrogens with one attached hydrogen (secondary N) is 1. The lowest BCUT2D eigenvalue weighted by Gasteiger charge is -2.11. The van der Waals surface area contributed by atoms with Gasteiger partial charge in [0.1, 0.15) is 23.2 Å². The maximum Gasteiger partial charge on any atom is 0.573 e. The summed E-state index contributed by atoms with van der Waals surface area (Å²) in [5, 5.41) is 11.5. The predicted octanol–water partition coefficient (Wildman–Crippen LogP) is 3.40. The molecule has 0 spiro atoms. The molecule has 0 atom stereocenters. The fraction of sp³-hybridized carbons (Fsp3) is 0.125. The number of carbonyl (C=O) groups excluding carboxylic acids is 1. The zero-order valence-electron chi connectivity index (χ0n) is 12.1. The summed E-state index contributed by atoms with van der Waals surface area (Å²) in [6.45, 7) is 0.0472. The standard InChI is InChI=1S/C16H11F3N2O3/c17-16(18,19)24-14-6-2-1-4-11(14)8-12(9-20)15(22)21-10-13-5-3-7-23-13/h1-8H,10H2,(H,21,22)/b12-8+. The fourth-order valence-corrected chi connectivity index (χ4v) is 1.80. The Morgan fingerprint density at radius 1 is 1.29 bits per heavy atom. The molecule has 2 rings (SSSR count). The molecule has 24 heavy (non-hydrogen) atoms. The van der Waals surface area contributed by atoms with Crippen molar-refractivity contribution in [1.29, 1.82) is 5.26 Å². The number of nitrogens with zero attached hydrogens (tertiary/aromatic N) is 1. The molecule has 1 aromatic heterocycles. The van der Waals surface area contributed by atoms with Crippen LogP contribution in [-0.4, -0.2) is 12.3 Å². The van der Waals surface area contributed by atoms with Gasteiger partial charge in [0.15, 0.2) is 0 Å². The molecule has 0 unspecified atom stereocenters. The molecule has 0 saturated carbocycles. The molecule has 0 fully saturated rings. The summed E-state index contributed by atoms with van der Waals surface area (Å²) in [5.74, 6) is -0.770. The summed E-state index contributed by atoms with van der Waals surface area (Å²) in [6.07, 6.45) is -2.43. The van der Waals surface area contributed by atoms with Crippen molar-refractivity contribution >= 4 is 12.0 Å². The molecular formula is C16H11F3N2O3. The van der Waals surface area contributed by atoms with Gasteiger partial charge in [-0.2, -0.15) is 5.26 Å².